The zero-order chi connectivity index (χ0) is 16.8. The molecule has 0 fully saturated rings. The van der Waals surface area contributed by atoms with Gasteiger partial charge in [0.25, 0.3) is 11.5 Å². The van der Waals surface area contributed by atoms with Crippen LogP contribution in [-0.2, 0) is 7.05 Å². The van der Waals surface area contributed by atoms with E-state index in [-0.39, 0.29) is 17.2 Å². The van der Waals surface area contributed by atoms with Gasteiger partial charge in [0.15, 0.2) is 0 Å². The average molecular weight is 314 g/mol. The molecule has 0 unspecified atom stereocenters. The van der Waals surface area contributed by atoms with Crippen molar-refractivity contribution in [3.05, 3.63) is 58.0 Å². The second-order valence-electron chi connectivity index (χ2n) is 5.30. The van der Waals surface area contributed by atoms with Crippen molar-refractivity contribution in [2.24, 2.45) is 7.05 Å². The summed E-state index contributed by atoms with van der Waals surface area (Å²) in [4.78, 5) is 25.6. The van der Waals surface area contributed by atoms with Crippen LogP contribution in [0.3, 0.4) is 0 Å². The molecule has 6 nitrogen and oxygen atoms in total. The first-order valence-electron chi connectivity index (χ1n) is 7.66. The van der Waals surface area contributed by atoms with Gasteiger partial charge in [0.1, 0.15) is 5.69 Å². The molecule has 1 amide bonds. The number of nitrogens with one attached hydrogen (secondary N) is 1. The molecule has 0 radical (unpaired) electrons. The van der Waals surface area contributed by atoms with E-state index in [1.54, 1.807) is 0 Å². The predicted octanol–water partition coefficient (Wildman–Crippen LogP) is 1.35. The number of rotatable bonds is 6. The average Bonchev–Trinajstić information content (AvgIpc) is 2.55. The summed E-state index contributed by atoms with van der Waals surface area (Å²) in [5.41, 5.74) is 2.38. The summed E-state index contributed by atoms with van der Waals surface area (Å²) in [5, 5.41) is 6.78. The Balaban J connectivity index is 1.95. The largest absolute Gasteiger partial charge is 0.370 e. The Morgan fingerprint density at radius 1 is 1.26 bits per heavy atom. The highest BCUT2D eigenvalue weighted by atomic mass is 16.2. The minimum absolute atomic E-state index is 0.238. The molecular formula is C17H22N4O2. The van der Waals surface area contributed by atoms with E-state index in [1.165, 1.54) is 30.4 Å². The maximum atomic E-state index is 12.1. The van der Waals surface area contributed by atoms with Crippen LogP contribution in [0.1, 0.15) is 23.0 Å². The third kappa shape index (κ3) is 4.18. The Bertz CT molecular complexity index is 739. The van der Waals surface area contributed by atoms with Crippen LogP contribution in [0.4, 0.5) is 5.69 Å². The molecule has 0 bridgehead atoms. The van der Waals surface area contributed by atoms with Crippen molar-refractivity contribution < 1.29 is 4.79 Å². The van der Waals surface area contributed by atoms with Gasteiger partial charge in [-0.25, -0.2) is 4.68 Å². The highest BCUT2D eigenvalue weighted by Gasteiger charge is 2.10. The Kier molecular flexibility index (Phi) is 5.51. The van der Waals surface area contributed by atoms with Crippen LogP contribution in [-0.4, -0.2) is 35.3 Å². The number of benzene rings is 1. The van der Waals surface area contributed by atoms with Crippen LogP contribution in [0.25, 0.3) is 0 Å². The number of amides is 1. The van der Waals surface area contributed by atoms with Gasteiger partial charge in [0.05, 0.1) is 0 Å². The summed E-state index contributed by atoms with van der Waals surface area (Å²) >= 11 is 0. The molecular weight excluding hydrogens is 292 g/mol. The summed E-state index contributed by atoms with van der Waals surface area (Å²) < 4.78 is 1.15. The molecule has 1 aromatic carbocycles. The van der Waals surface area contributed by atoms with Crippen LogP contribution in [0.5, 0.6) is 0 Å². The number of anilines is 1. The fraction of sp³-hybridized carbons (Fsp3) is 0.353. The first-order valence-corrected chi connectivity index (χ1v) is 7.66. The van der Waals surface area contributed by atoms with Gasteiger partial charge in [-0.1, -0.05) is 18.2 Å². The Hall–Kier alpha value is -2.63. The van der Waals surface area contributed by atoms with Gasteiger partial charge in [-0.05, 0) is 31.5 Å². The van der Waals surface area contributed by atoms with E-state index in [0.717, 1.165) is 11.2 Å². The molecule has 0 atom stereocenters. The predicted molar refractivity (Wildman–Crippen MR) is 90.9 cm³/mol. The summed E-state index contributed by atoms with van der Waals surface area (Å²) in [5.74, 6) is -0.276. The van der Waals surface area contributed by atoms with Crippen LogP contribution < -0.4 is 15.8 Å². The molecule has 0 aliphatic heterocycles. The van der Waals surface area contributed by atoms with Crippen molar-refractivity contribution in [1.82, 2.24) is 15.1 Å². The quantitative estimate of drug-likeness (QED) is 0.874. The van der Waals surface area contributed by atoms with Crippen LogP contribution in [0.15, 0.2) is 41.2 Å². The molecule has 1 aromatic heterocycles. The van der Waals surface area contributed by atoms with Crippen molar-refractivity contribution in [3.8, 4) is 0 Å². The van der Waals surface area contributed by atoms with E-state index in [0.29, 0.717) is 13.1 Å². The number of hydrogen-bond donors (Lipinski definition) is 1. The molecule has 2 aromatic rings. The first kappa shape index (κ1) is 16.7. The van der Waals surface area contributed by atoms with Gasteiger partial charge in [-0.15, -0.1) is 0 Å². The van der Waals surface area contributed by atoms with Gasteiger partial charge in [-0.3, -0.25) is 9.59 Å². The zero-order valence-corrected chi connectivity index (χ0v) is 13.7. The fourth-order valence-corrected chi connectivity index (χ4v) is 2.39. The van der Waals surface area contributed by atoms with Crippen LogP contribution >= 0.6 is 0 Å². The number of nitrogens with zero attached hydrogens (tertiary/aromatic N) is 3. The number of carbonyl (C=O) groups excluding carboxylic acids is 1. The Labute approximate surface area is 135 Å². The number of aryl methyl sites for hydroxylation is 2. The fourth-order valence-electron chi connectivity index (χ4n) is 2.39. The number of carbonyl (C=O) groups is 1. The number of likely N-dealkylation sites (N-methyl/N-ethyl adjacent to an activating group) is 1. The van der Waals surface area contributed by atoms with Crippen molar-refractivity contribution in [3.63, 3.8) is 0 Å². The van der Waals surface area contributed by atoms with Gasteiger partial charge in [-0.2, -0.15) is 5.10 Å². The van der Waals surface area contributed by atoms with Gasteiger partial charge >= 0.3 is 0 Å². The summed E-state index contributed by atoms with van der Waals surface area (Å²) in [7, 11) is 1.52. The van der Waals surface area contributed by atoms with Gasteiger partial charge in [0, 0.05) is 38.4 Å². The molecule has 0 aliphatic rings. The molecule has 2 rings (SSSR count). The summed E-state index contributed by atoms with van der Waals surface area (Å²) in [6.07, 6.45) is 0. The Morgan fingerprint density at radius 2 is 2.00 bits per heavy atom. The van der Waals surface area contributed by atoms with Crippen molar-refractivity contribution in [1.29, 1.82) is 0 Å². The van der Waals surface area contributed by atoms with E-state index in [2.05, 4.69) is 41.3 Å². The first-order chi connectivity index (χ1) is 11.0. The van der Waals surface area contributed by atoms with Crippen molar-refractivity contribution in [2.75, 3.05) is 24.5 Å². The third-order valence-corrected chi connectivity index (χ3v) is 3.70. The topological polar surface area (TPSA) is 67.2 Å². The number of para-hydroxylation sites is 1. The van der Waals surface area contributed by atoms with Crippen LogP contribution in [0, 0.1) is 6.92 Å². The van der Waals surface area contributed by atoms with E-state index in [9.17, 15) is 9.59 Å². The molecule has 1 heterocycles. The number of hydrogen-bond acceptors (Lipinski definition) is 4. The summed E-state index contributed by atoms with van der Waals surface area (Å²) in [6.45, 7) is 6.23. The van der Waals surface area contributed by atoms with E-state index < -0.39 is 0 Å². The van der Waals surface area contributed by atoms with E-state index >= 15 is 0 Å². The molecule has 1 N–H and O–H groups in total. The molecule has 0 saturated carbocycles. The molecule has 23 heavy (non-hydrogen) atoms. The lowest BCUT2D eigenvalue weighted by atomic mass is 10.2. The lowest BCUT2D eigenvalue weighted by molar-refractivity contribution is 0.0947. The smallest absolute Gasteiger partial charge is 0.271 e. The molecule has 0 spiro atoms. The third-order valence-electron chi connectivity index (χ3n) is 3.70. The van der Waals surface area contributed by atoms with Gasteiger partial charge < -0.3 is 10.2 Å². The maximum Gasteiger partial charge on any atom is 0.271 e. The van der Waals surface area contributed by atoms with Crippen molar-refractivity contribution in [2.45, 2.75) is 13.8 Å². The summed E-state index contributed by atoms with van der Waals surface area (Å²) in [6, 6.07) is 11.0. The van der Waals surface area contributed by atoms with E-state index in [1.807, 2.05) is 12.1 Å². The molecule has 122 valence electrons. The number of aromatic nitrogens is 2. The molecule has 0 aliphatic carbocycles. The lowest BCUT2D eigenvalue weighted by Crippen LogP contribution is -2.36. The highest BCUT2D eigenvalue weighted by Crippen LogP contribution is 2.18. The monoisotopic (exact) mass is 314 g/mol. The normalized spacial score (nSPS) is 10.4. The minimum Gasteiger partial charge on any atom is -0.370 e. The molecule has 6 heteroatoms. The Morgan fingerprint density at radius 3 is 2.65 bits per heavy atom. The zero-order valence-electron chi connectivity index (χ0n) is 13.7. The minimum atomic E-state index is -0.276. The highest BCUT2D eigenvalue weighted by molar-refractivity contribution is 5.92. The van der Waals surface area contributed by atoms with Gasteiger partial charge in [0.2, 0.25) is 0 Å². The van der Waals surface area contributed by atoms with E-state index in [4.69, 9.17) is 0 Å². The maximum absolute atomic E-state index is 12.1. The second kappa shape index (κ2) is 7.58. The van der Waals surface area contributed by atoms with Crippen molar-refractivity contribution >= 4 is 11.6 Å². The van der Waals surface area contributed by atoms with Crippen LogP contribution in [0.2, 0.25) is 0 Å². The SMILES string of the molecule is CCN(CCNC(=O)c1ccc(=O)n(C)n1)c1ccccc1C. The molecule has 0 saturated heterocycles. The standard InChI is InChI=1S/C17H22N4O2/c1-4-21(15-8-6-5-7-13(15)2)12-11-18-17(23)14-9-10-16(22)20(3)19-14/h5-10H,4,11-12H2,1-3H3,(H,18,23). The second-order valence-corrected chi connectivity index (χ2v) is 5.30. The lowest BCUT2D eigenvalue weighted by Gasteiger charge is -2.25.